The highest BCUT2D eigenvalue weighted by Gasteiger charge is 2.42. The molecule has 0 amide bonds. The summed E-state index contributed by atoms with van der Waals surface area (Å²) in [7, 11) is 0. The number of rotatable bonds is 2. The minimum atomic E-state index is -0.195. The SMILES string of the molecule is NC1(c2ncc(-c3ccccc3Br)[nH]2)CC1. The van der Waals surface area contributed by atoms with Gasteiger partial charge in [-0.25, -0.2) is 4.98 Å². The van der Waals surface area contributed by atoms with E-state index in [1.54, 1.807) is 0 Å². The van der Waals surface area contributed by atoms with E-state index in [0.29, 0.717) is 0 Å². The lowest BCUT2D eigenvalue weighted by molar-refractivity contribution is 0.685. The highest BCUT2D eigenvalue weighted by Crippen LogP contribution is 2.41. The summed E-state index contributed by atoms with van der Waals surface area (Å²) in [6.07, 6.45) is 3.90. The van der Waals surface area contributed by atoms with Crippen molar-refractivity contribution in [3.8, 4) is 11.3 Å². The first-order chi connectivity index (χ1) is 7.69. The predicted molar refractivity (Wildman–Crippen MR) is 66.8 cm³/mol. The molecule has 1 aromatic heterocycles. The van der Waals surface area contributed by atoms with Crippen LogP contribution in [0.4, 0.5) is 0 Å². The Balaban J connectivity index is 2.02. The van der Waals surface area contributed by atoms with E-state index < -0.39 is 0 Å². The first-order valence-electron chi connectivity index (χ1n) is 5.28. The second-order valence-corrected chi connectivity index (χ2v) is 5.14. The number of hydrogen-bond acceptors (Lipinski definition) is 2. The molecule has 0 spiro atoms. The molecule has 2 aromatic rings. The quantitative estimate of drug-likeness (QED) is 0.887. The molecule has 1 aromatic carbocycles. The Morgan fingerprint density at radius 1 is 1.31 bits per heavy atom. The van der Waals surface area contributed by atoms with Crippen LogP contribution in [0.25, 0.3) is 11.3 Å². The number of benzene rings is 1. The van der Waals surface area contributed by atoms with Crippen molar-refractivity contribution in [1.82, 2.24) is 9.97 Å². The van der Waals surface area contributed by atoms with Crippen molar-refractivity contribution in [3.63, 3.8) is 0 Å². The molecule has 1 aliphatic carbocycles. The first kappa shape index (κ1) is 10.1. The van der Waals surface area contributed by atoms with Gasteiger partial charge in [0.1, 0.15) is 5.82 Å². The van der Waals surface area contributed by atoms with Crippen molar-refractivity contribution in [2.24, 2.45) is 5.73 Å². The zero-order valence-electron chi connectivity index (χ0n) is 8.70. The van der Waals surface area contributed by atoms with Crippen LogP contribution in [0.2, 0.25) is 0 Å². The molecule has 0 radical (unpaired) electrons. The van der Waals surface area contributed by atoms with Crippen molar-refractivity contribution >= 4 is 15.9 Å². The number of imidazole rings is 1. The maximum atomic E-state index is 6.09. The summed E-state index contributed by atoms with van der Waals surface area (Å²) in [5.74, 6) is 0.901. The molecule has 3 rings (SSSR count). The number of nitrogens with two attached hydrogens (primary N) is 1. The number of halogens is 1. The van der Waals surface area contributed by atoms with Gasteiger partial charge in [-0.1, -0.05) is 34.1 Å². The summed E-state index contributed by atoms with van der Waals surface area (Å²) in [6.45, 7) is 0. The van der Waals surface area contributed by atoms with Gasteiger partial charge in [-0.05, 0) is 18.9 Å². The molecule has 1 aliphatic rings. The van der Waals surface area contributed by atoms with Crippen LogP contribution in [0.3, 0.4) is 0 Å². The number of nitrogens with zero attached hydrogens (tertiary/aromatic N) is 1. The normalized spacial score (nSPS) is 17.4. The van der Waals surface area contributed by atoms with Gasteiger partial charge in [-0.15, -0.1) is 0 Å². The van der Waals surface area contributed by atoms with Crippen molar-refractivity contribution in [3.05, 3.63) is 40.8 Å². The van der Waals surface area contributed by atoms with Gasteiger partial charge in [0, 0.05) is 10.0 Å². The Labute approximate surface area is 102 Å². The molecule has 0 aliphatic heterocycles. The maximum absolute atomic E-state index is 6.09. The zero-order valence-corrected chi connectivity index (χ0v) is 10.3. The predicted octanol–water partition coefficient (Wildman–Crippen LogP) is 2.79. The highest BCUT2D eigenvalue weighted by molar-refractivity contribution is 9.10. The average molecular weight is 278 g/mol. The fourth-order valence-electron chi connectivity index (χ4n) is 1.76. The van der Waals surface area contributed by atoms with Crippen LogP contribution >= 0.6 is 15.9 Å². The molecule has 1 heterocycles. The largest absolute Gasteiger partial charge is 0.340 e. The second kappa shape index (κ2) is 3.43. The molecular formula is C12H12BrN3. The molecule has 0 bridgehead atoms. The number of H-pyrrole nitrogens is 1. The first-order valence-corrected chi connectivity index (χ1v) is 6.08. The molecular weight excluding hydrogens is 266 g/mol. The average Bonchev–Trinajstić information content (AvgIpc) is 2.84. The van der Waals surface area contributed by atoms with E-state index in [-0.39, 0.29) is 5.54 Å². The number of aromatic amines is 1. The molecule has 4 heteroatoms. The minimum absolute atomic E-state index is 0.195. The van der Waals surface area contributed by atoms with Crippen LogP contribution in [-0.2, 0) is 5.54 Å². The zero-order chi connectivity index (χ0) is 11.2. The van der Waals surface area contributed by atoms with Gasteiger partial charge < -0.3 is 10.7 Å². The van der Waals surface area contributed by atoms with Gasteiger partial charge in [-0.2, -0.15) is 0 Å². The molecule has 0 unspecified atom stereocenters. The summed E-state index contributed by atoms with van der Waals surface area (Å²) in [6, 6.07) is 8.08. The molecule has 0 saturated heterocycles. The third-order valence-corrected chi connectivity index (χ3v) is 3.69. The number of hydrogen-bond donors (Lipinski definition) is 2. The third kappa shape index (κ3) is 1.58. The lowest BCUT2D eigenvalue weighted by atomic mass is 10.2. The van der Waals surface area contributed by atoms with Gasteiger partial charge >= 0.3 is 0 Å². The van der Waals surface area contributed by atoms with Crippen LogP contribution in [0.5, 0.6) is 0 Å². The van der Waals surface area contributed by atoms with Crippen LogP contribution in [0, 0.1) is 0 Å². The lowest BCUT2D eigenvalue weighted by Crippen LogP contribution is -2.20. The Morgan fingerprint density at radius 3 is 2.75 bits per heavy atom. The molecule has 3 nitrogen and oxygen atoms in total. The molecule has 0 atom stereocenters. The van der Waals surface area contributed by atoms with E-state index in [1.807, 2.05) is 24.4 Å². The Hall–Kier alpha value is -1.13. The summed E-state index contributed by atoms with van der Waals surface area (Å²) in [5.41, 5.74) is 8.03. The van der Waals surface area contributed by atoms with Crippen LogP contribution in [-0.4, -0.2) is 9.97 Å². The van der Waals surface area contributed by atoms with Crippen LogP contribution in [0.1, 0.15) is 18.7 Å². The monoisotopic (exact) mass is 277 g/mol. The number of nitrogens with one attached hydrogen (secondary N) is 1. The topological polar surface area (TPSA) is 54.7 Å². The van der Waals surface area contributed by atoms with E-state index in [2.05, 4.69) is 32.0 Å². The Bertz CT molecular complexity index is 529. The van der Waals surface area contributed by atoms with Gasteiger partial charge in [0.2, 0.25) is 0 Å². The van der Waals surface area contributed by atoms with E-state index in [1.165, 1.54) is 0 Å². The Morgan fingerprint density at radius 2 is 2.06 bits per heavy atom. The van der Waals surface area contributed by atoms with Gasteiger partial charge in [0.05, 0.1) is 17.4 Å². The smallest absolute Gasteiger partial charge is 0.126 e. The standard InChI is InChI=1S/C12H12BrN3/c13-9-4-2-1-3-8(9)10-7-15-11(16-10)12(14)5-6-12/h1-4,7H,5-6,14H2,(H,15,16). The molecule has 82 valence electrons. The molecule has 1 saturated carbocycles. The summed E-state index contributed by atoms with van der Waals surface area (Å²) in [4.78, 5) is 7.67. The van der Waals surface area contributed by atoms with E-state index >= 15 is 0 Å². The lowest BCUT2D eigenvalue weighted by Gasteiger charge is -2.04. The van der Waals surface area contributed by atoms with E-state index in [4.69, 9.17) is 5.73 Å². The fourth-order valence-corrected chi connectivity index (χ4v) is 2.26. The molecule has 1 fully saturated rings. The van der Waals surface area contributed by atoms with Gasteiger partial charge in [0.15, 0.2) is 0 Å². The highest BCUT2D eigenvalue weighted by atomic mass is 79.9. The van der Waals surface area contributed by atoms with Crippen LogP contribution < -0.4 is 5.73 Å². The second-order valence-electron chi connectivity index (χ2n) is 4.28. The molecule has 16 heavy (non-hydrogen) atoms. The van der Waals surface area contributed by atoms with Crippen LogP contribution in [0.15, 0.2) is 34.9 Å². The third-order valence-electron chi connectivity index (χ3n) is 3.00. The van der Waals surface area contributed by atoms with Crippen molar-refractivity contribution in [1.29, 1.82) is 0 Å². The maximum Gasteiger partial charge on any atom is 0.126 e. The molecule has 3 N–H and O–H groups in total. The fraction of sp³-hybridized carbons (Fsp3) is 0.250. The summed E-state index contributed by atoms with van der Waals surface area (Å²) < 4.78 is 1.06. The summed E-state index contributed by atoms with van der Waals surface area (Å²) in [5, 5.41) is 0. The van der Waals surface area contributed by atoms with Gasteiger partial charge in [-0.3, -0.25) is 0 Å². The van der Waals surface area contributed by atoms with Crippen molar-refractivity contribution < 1.29 is 0 Å². The van der Waals surface area contributed by atoms with Gasteiger partial charge in [0.25, 0.3) is 0 Å². The Kier molecular flexibility index (Phi) is 2.16. The minimum Gasteiger partial charge on any atom is -0.340 e. The summed E-state index contributed by atoms with van der Waals surface area (Å²) >= 11 is 3.53. The van der Waals surface area contributed by atoms with Crippen molar-refractivity contribution in [2.45, 2.75) is 18.4 Å². The van der Waals surface area contributed by atoms with E-state index in [9.17, 15) is 0 Å². The van der Waals surface area contributed by atoms with Crippen molar-refractivity contribution in [2.75, 3.05) is 0 Å². The van der Waals surface area contributed by atoms with E-state index in [0.717, 1.165) is 34.4 Å². The number of aromatic nitrogens is 2.